The van der Waals surface area contributed by atoms with Gasteiger partial charge in [0.15, 0.2) is 0 Å². The van der Waals surface area contributed by atoms with E-state index in [1.54, 1.807) is 11.0 Å². The van der Waals surface area contributed by atoms with Crippen molar-refractivity contribution >= 4 is 11.9 Å². The smallest absolute Gasteiger partial charge is 0.305 e. The molecule has 0 bridgehead atoms. The average molecular weight is 438 g/mol. The number of aliphatic carboxylic acids is 1. The normalized spacial score (nSPS) is 17.2. The summed E-state index contributed by atoms with van der Waals surface area (Å²) in [6.07, 6.45) is 3.35. The van der Waals surface area contributed by atoms with Crippen LogP contribution in [0.5, 0.6) is 5.75 Å². The highest BCUT2D eigenvalue weighted by Gasteiger charge is 2.35. The zero-order valence-corrected chi connectivity index (χ0v) is 19.7. The Morgan fingerprint density at radius 3 is 2.41 bits per heavy atom. The maximum atomic E-state index is 13.2. The summed E-state index contributed by atoms with van der Waals surface area (Å²) >= 11 is 0. The summed E-state index contributed by atoms with van der Waals surface area (Å²) in [6, 6.07) is 14.3. The molecule has 1 amide bonds. The summed E-state index contributed by atoms with van der Waals surface area (Å²) in [4.78, 5) is 25.9. The van der Waals surface area contributed by atoms with Gasteiger partial charge in [-0.1, -0.05) is 45.0 Å². The number of hydrogen-bond donors (Lipinski definition) is 1. The van der Waals surface area contributed by atoms with Crippen molar-refractivity contribution in [3.05, 3.63) is 64.7 Å². The number of amides is 1. The minimum atomic E-state index is -0.891. The highest BCUT2D eigenvalue weighted by atomic mass is 16.5. The molecule has 1 aliphatic heterocycles. The van der Waals surface area contributed by atoms with E-state index >= 15 is 0 Å². The molecular formula is C27H35NO4. The second-order valence-electron chi connectivity index (χ2n) is 9.52. The molecule has 1 atom stereocenters. The molecule has 5 nitrogen and oxygen atoms in total. The minimum Gasteiger partial charge on any atom is -0.487 e. The molecule has 2 aromatic carbocycles. The standard InChI is InChI=1S/C27H35NO4/c1-5-20-6-8-21(9-7-20)17-27(4)18-23-16-22(10-11-24(23)32-27)26(31)28(14-12-19(2)3)15-13-25(29)30/h6-11,16,19H,5,12-15,17-18H2,1-4H3,(H,29,30)/t27-/m0/s1. The van der Waals surface area contributed by atoms with Crippen LogP contribution in [0.1, 0.15) is 67.6 Å². The molecule has 1 N–H and O–H groups in total. The average Bonchev–Trinajstić information content (AvgIpc) is 3.08. The first kappa shape index (κ1) is 23.8. The molecule has 3 rings (SSSR count). The number of carbonyl (C=O) groups is 2. The molecule has 0 saturated carbocycles. The number of benzene rings is 2. The van der Waals surface area contributed by atoms with Crippen LogP contribution in [-0.4, -0.2) is 40.6 Å². The van der Waals surface area contributed by atoms with Crippen molar-refractivity contribution in [3.8, 4) is 5.75 Å². The molecule has 0 aromatic heterocycles. The summed E-state index contributed by atoms with van der Waals surface area (Å²) in [5, 5.41) is 9.07. The molecule has 0 saturated heterocycles. The number of carboxylic acids is 1. The van der Waals surface area contributed by atoms with Crippen LogP contribution < -0.4 is 4.74 Å². The lowest BCUT2D eigenvalue weighted by atomic mass is 9.91. The third-order valence-corrected chi connectivity index (χ3v) is 6.10. The van der Waals surface area contributed by atoms with Gasteiger partial charge in [0, 0.05) is 31.5 Å². The van der Waals surface area contributed by atoms with Crippen molar-refractivity contribution in [2.24, 2.45) is 5.92 Å². The molecule has 32 heavy (non-hydrogen) atoms. The van der Waals surface area contributed by atoms with E-state index in [2.05, 4.69) is 52.0 Å². The van der Waals surface area contributed by atoms with Crippen LogP contribution in [0.2, 0.25) is 0 Å². The maximum absolute atomic E-state index is 13.2. The number of carboxylic acid groups (broad SMARTS) is 1. The first-order valence-electron chi connectivity index (χ1n) is 11.6. The largest absolute Gasteiger partial charge is 0.487 e. The van der Waals surface area contributed by atoms with E-state index in [1.165, 1.54) is 11.1 Å². The van der Waals surface area contributed by atoms with Crippen molar-refractivity contribution in [2.45, 2.75) is 65.4 Å². The summed E-state index contributed by atoms with van der Waals surface area (Å²) < 4.78 is 6.31. The van der Waals surface area contributed by atoms with Gasteiger partial charge in [-0.15, -0.1) is 0 Å². The van der Waals surface area contributed by atoms with Gasteiger partial charge >= 0.3 is 5.97 Å². The summed E-state index contributed by atoms with van der Waals surface area (Å²) in [5.74, 6) is 0.264. The Morgan fingerprint density at radius 1 is 1.09 bits per heavy atom. The van der Waals surface area contributed by atoms with Crippen LogP contribution in [-0.2, 0) is 24.1 Å². The number of aryl methyl sites for hydroxylation is 1. The van der Waals surface area contributed by atoms with Crippen LogP contribution in [0, 0.1) is 5.92 Å². The van der Waals surface area contributed by atoms with Crippen molar-refractivity contribution in [1.29, 1.82) is 0 Å². The van der Waals surface area contributed by atoms with E-state index in [0.29, 0.717) is 18.0 Å². The fraction of sp³-hybridized carbons (Fsp3) is 0.481. The molecule has 0 unspecified atom stereocenters. The zero-order valence-electron chi connectivity index (χ0n) is 19.7. The second kappa shape index (κ2) is 10.2. The Balaban J connectivity index is 1.72. The van der Waals surface area contributed by atoms with Crippen molar-refractivity contribution in [1.82, 2.24) is 4.90 Å². The topological polar surface area (TPSA) is 66.8 Å². The van der Waals surface area contributed by atoms with Crippen LogP contribution in [0.15, 0.2) is 42.5 Å². The second-order valence-corrected chi connectivity index (χ2v) is 9.52. The Labute approximate surface area is 191 Å². The van der Waals surface area contributed by atoms with Crippen molar-refractivity contribution in [2.75, 3.05) is 13.1 Å². The lowest BCUT2D eigenvalue weighted by Crippen LogP contribution is -2.34. The van der Waals surface area contributed by atoms with E-state index in [-0.39, 0.29) is 24.5 Å². The Kier molecular flexibility index (Phi) is 7.60. The van der Waals surface area contributed by atoms with Gasteiger partial charge in [0.05, 0.1) is 6.42 Å². The van der Waals surface area contributed by atoms with Crippen LogP contribution in [0.4, 0.5) is 0 Å². The molecule has 0 fully saturated rings. The lowest BCUT2D eigenvalue weighted by Gasteiger charge is -2.24. The Hall–Kier alpha value is -2.82. The van der Waals surface area contributed by atoms with Gasteiger partial charge in [0.2, 0.25) is 0 Å². The molecule has 5 heteroatoms. The molecular weight excluding hydrogens is 402 g/mol. The Morgan fingerprint density at radius 2 is 1.78 bits per heavy atom. The van der Waals surface area contributed by atoms with E-state index in [0.717, 1.165) is 37.0 Å². The number of fused-ring (bicyclic) bond motifs is 1. The maximum Gasteiger partial charge on any atom is 0.305 e. The van der Waals surface area contributed by atoms with E-state index in [9.17, 15) is 9.59 Å². The third-order valence-electron chi connectivity index (χ3n) is 6.10. The fourth-order valence-electron chi connectivity index (χ4n) is 4.22. The van der Waals surface area contributed by atoms with Crippen molar-refractivity contribution in [3.63, 3.8) is 0 Å². The number of hydrogen-bond acceptors (Lipinski definition) is 3. The quantitative estimate of drug-likeness (QED) is 0.558. The highest BCUT2D eigenvalue weighted by Crippen LogP contribution is 2.37. The number of carbonyl (C=O) groups excluding carboxylic acids is 1. The van der Waals surface area contributed by atoms with Gasteiger partial charge in [0.1, 0.15) is 11.4 Å². The molecule has 2 aromatic rings. The minimum absolute atomic E-state index is 0.0488. The van der Waals surface area contributed by atoms with Crippen molar-refractivity contribution < 1.29 is 19.4 Å². The van der Waals surface area contributed by atoms with Gasteiger partial charge in [-0.3, -0.25) is 9.59 Å². The molecule has 0 aliphatic carbocycles. The molecule has 0 radical (unpaired) electrons. The first-order valence-corrected chi connectivity index (χ1v) is 11.6. The van der Waals surface area contributed by atoms with E-state index < -0.39 is 5.97 Å². The number of ether oxygens (including phenoxy) is 1. The van der Waals surface area contributed by atoms with Gasteiger partial charge < -0.3 is 14.7 Å². The summed E-state index contributed by atoms with van der Waals surface area (Å²) in [6.45, 7) is 9.25. The van der Waals surface area contributed by atoms with Gasteiger partial charge in [-0.2, -0.15) is 0 Å². The molecule has 172 valence electrons. The molecule has 1 aliphatic rings. The predicted molar refractivity (Wildman–Crippen MR) is 126 cm³/mol. The zero-order chi connectivity index (χ0) is 23.3. The lowest BCUT2D eigenvalue weighted by molar-refractivity contribution is -0.137. The third kappa shape index (κ3) is 6.12. The number of rotatable bonds is 10. The monoisotopic (exact) mass is 437 g/mol. The van der Waals surface area contributed by atoms with Gasteiger partial charge in [-0.05, 0) is 60.6 Å². The van der Waals surface area contributed by atoms with E-state index in [4.69, 9.17) is 9.84 Å². The number of nitrogens with zero attached hydrogens (tertiary/aromatic N) is 1. The van der Waals surface area contributed by atoms with Gasteiger partial charge in [0.25, 0.3) is 5.91 Å². The highest BCUT2D eigenvalue weighted by molar-refractivity contribution is 5.95. The fourth-order valence-corrected chi connectivity index (χ4v) is 4.22. The van der Waals surface area contributed by atoms with Crippen LogP contribution in [0.3, 0.4) is 0 Å². The molecule has 0 spiro atoms. The first-order chi connectivity index (χ1) is 15.2. The van der Waals surface area contributed by atoms with Gasteiger partial charge in [-0.25, -0.2) is 0 Å². The summed E-state index contributed by atoms with van der Waals surface area (Å²) in [7, 11) is 0. The Bertz CT molecular complexity index is 951. The van der Waals surface area contributed by atoms with Crippen LogP contribution >= 0.6 is 0 Å². The SMILES string of the molecule is CCc1ccc(C[C@@]2(C)Cc3cc(C(=O)N(CCC(=O)O)CCC(C)C)ccc3O2)cc1. The summed E-state index contributed by atoms with van der Waals surface area (Å²) in [5.41, 5.74) is 3.84. The predicted octanol–water partition coefficient (Wildman–Crippen LogP) is 5.15. The molecule has 1 heterocycles. The van der Waals surface area contributed by atoms with Crippen LogP contribution in [0.25, 0.3) is 0 Å². The van der Waals surface area contributed by atoms with E-state index in [1.807, 2.05) is 12.1 Å².